The van der Waals surface area contributed by atoms with Crippen LogP contribution in [0.1, 0.15) is 30.9 Å². The van der Waals surface area contributed by atoms with Gasteiger partial charge in [-0.2, -0.15) is 0 Å². The Morgan fingerprint density at radius 1 is 0.917 bits per heavy atom. The first kappa shape index (κ1) is 15.3. The van der Waals surface area contributed by atoms with E-state index in [1.165, 1.54) is 28.0 Å². The molecule has 2 aromatic carbocycles. The molecule has 0 amide bonds. The smallest absolute Gasteiger partial charge is 0.405 e. The number of fused-ring (bicyclic) bond motifs is 4. The summed E-state index contributed by atoms with van der Waals surface area (Å²) >= 11 is 0. The minimum Gasteiger partial charge on any atom is -0.405 e. The van der Waals surface area contributed by atoms with E-state index in [1.807, 2.05) is 18.2 Å². The Morgan fingerprint density at radius 2 is 1.71 bits per heavy atom. The van der Waals surface area contributed by atoms with Gasteiger partial charge in [0.25, 0.3) is 0 Å². The van der Waals surface area contributed by atoms with Crippen LogP contribution in [0, 0.1) is 10.4 Å². The van der Waals surface area contributed by atoms with Crippen LogP contribution >= 0.6 is 0 Å². The molecule has 0 atom stereocenters. The third-order valence-electron chi connectivity index (χ3n) is 4.96. The summed E-state index contributed by atoms with van der Waals surface area (Å²) in [5.41, 5.74) is 4.02. The van der Waals surface area contributed by atoms with Crippen molar-refractivity contribution in [1.82, 2.24) is 0 Å². The third kappa shape index (κ3) is 2.50. The lowest BCUT2D eigenvalue weighted by Crippen LogP contribution is -2.25. The van der Waals surface area contributed by atoms with Crippen LogP contribution in [0.2, 0.25) is 0 Å². The maximum absolute atomic E-state index is 12.6. The van der Waals surface area contributed by atoms with Gasteiger partial charge in [0.2, 0.25) is 0 Å². The number of alkyl halides is 3. The van der Waals surface area contributed by atoms with Gasteiger partial charge < -0.3 is 4.74 Å². The summed E-state index contributed by atoms with van der Waals surface area (Å²) in [7, 11) is 0. The molecule has 0 aliphatic heterocycles. The number of hydrogen-bond donors (Lipinski definition) is 0. The minimum absolute atomic E-state index is 0.119. The van der Waals surface area contributed by atoms with E-state index < -0.39 is 6.36 Å². The van der Waals surface area contributed by atoms with Gasteiger partial charge in [-0.1, -0.05) is 35.9 Å². The summed E-state index contributed by atoms with van der Waals surface area (Å²) < 4.78 is 42.1. The quantitative estimate of drug-likeness (QED) is 0.774. The number of benzene rings is 2. The highest BCUT2D eigenvalue weighted by Crippen LogP contribution is 2.23. The molecule has 0 saturated carbocycles. The van der Waals surface area contributed by atoms with Crippen molar-refractivity contribution < 1.29 is 17.9 Å². The van der Waals surface area contributed by atoms with Crippen LogP contribution in [0.15, 0.2) is 30.3 Å². The maximum Gasteiger partial charge on any atom is 0.573 e. The van der Waals surface area contributed by atoms with E-state index in [4.69, 9.17) is 0 Å². The Balaban J connectivity index is 2.06. The number of rotatable bonds is 1. The van der Waals surface area contributed by atoms with Gasteiger partial charge in [0.05, 0.1) is 0 Å². The van der Waals surface area contributed by atoms with Crippen LogP contribution in [0.25, 0.3) is 11.6 Å². The van der Waals surface area contributed by atoms with Gasteiger partial charge in [0.1, 0.15) is 5.75 Å². The molecule has 2 aliphatic carbocycles. The van der Waals surface area contributed by atoms with E-state index in [-0.39, 0.29) is 5.75 Å². The second-order valence-corrected chi connectivity index (χ2v) is 6.43. The van der Waals surface area contributed by atoms with Gasteiger partial charge in [-0.3, -0.25) is 0 Å². The Bertz CT molecular complexity index is 1030. The van der Waals surface area contributed by atoms with E-state index >= 15 is 0 Å². The lowest BCUT2D eigenvalue weighted by molar-refractivity contribution is -0.275. The highest BCUT2D eigenvalue weighted by Gasteiger charge is 2.31. The Kier molecular flexibility index (Phi) is 3.44. The van der Waals surface area contributed by atoms with E-state index in [2.05, 4.69) is 17.7 Å². The highest BCUT2D eigenvalue weighted by atomic mass is 19.4. The fraction of sp³-hybridized carbons (Fsp3) is 0.300. The predicted octanol–water partition coefficient (Wildman–Crippen LogP) is 3.72. The molecule has 0 aromatic heterocycles. The van der Waals surface area contributed by atoms with Crippen molar-refractivity contribution in [3.05, 3.63) is 62.3 Å². The van der Waals surface area contributed by atoms with Crippen molar-refractivity contribution in [2.24, 2.45) is 0 Å². The van der Waals surface area contributed by atoms with Crippen molar-refractivity contribution in [1.29, 1.82) is 0 Å². The molecule has 1 nitrogen and oxygen atoms in total. The topological polar surface area (TPSA) is 9.23 Å². The molecule has 24 heavy (non-hydrogen) atoms. The standard InChI is InChI=1S/C20H17F3O/c1-12-4-2-5-14-13(12)8-9-17-15-6-3-7-19(24-20(21,22)23)18(15)11-10-16(14)17/h3,6-9,11H,2,4-5,10H2,1H3. The fourth-order valence-electron chi connectivity index (χ4n) is 3.94. The molecular weight excluding hydrogens is 313 g/mol. The van der Waals surface area contributed by atoms with Crippen LogP contribution < -0.4 is 15.2 Å². The van der Waals surface area contributed by atoms with E-state index in [0.717, 1.165) is 29.7 Å². The van der Waals surface area contributed by atoms with Crippen LogP contribution in [-0.2, 0) is 12.8 Å². The normalized spacial score (nSPS) is 15.9. The second kappa shape index (κ2) is 5.40. The summed E-state index contributed by atoms with van der Waals surface area (Å²) in [6, 6.07) is 9.05. The number of halogens is 3. The first-order chi connectivity index (χ1) is 11.4. The second-order valence-electron chi connectivity index (χ2n) is 6.43. The van der Waals surface area contributed by atoms with Gasteiger partial charge in [0, 0.05) is 5.22 Å². The molecule has 0 spiro atoms. The van der Waals surface area contributed by atoms with Crippen molar-refractivity contribution in [3.8, 4) is 5.75 Å². The molecule has 4 rings (SSSR count). The predicted molar refractivity (Wildman–Crippen MR) is 86.7 cm³/mol. The van der Waals surface area contributed by atoms with Crippen LogP contribution in [0.4, 0.5) is 13.2 Å². The summed E-state index contributed by atoms with van der Waals surface area (Å²) in [6.45, 7) is 2.17. The average molecular weight is 330 g/mol. The zero-order valence-electron chi connectivity index (χ0n) is 13.3. The largest absolute Gasteiger partial charge is 0.573 e. The zero-order valence-corrected chi connectivity index (χ0v) is 13.3. The third-order valence-corrected chi connectivity index (χ3v) is 4.96. The molecule has 124 valence electrons. The van der Waals surface area contributed by atoms with Gasteiger partial charge in [-0.05, 0) is 65.5 Å². The molecule has 0 saturated heterocycles. The minimum atomic E-state index is -4.68. The van der Waals surface area contributed by atoms with Gasteiger partial charge in [-0.25, -0.2) is 0 Å². The van der Waals surface area contributed by atoms with Crippen molar-refractivity contribution in [3.63, 3.8) is 0 Å². The molecule has 0 bridgehead atoms. The monoisotopic (exact) mass is 330 g/mol. The van der Waals surface area contributed by atoms with Crippen molar-refractivity contribution in [2.75, 3.05) is 0 Å². The van der Waals surface area contributed by atoms with E-state index in [0.29, 0.717) is 11.6 Å². The number of ether oxygens (including phenoxy) is 1. The Hall–Kier alpha value is -2.23. The first-order valence-electron chi connectivity index (χ1n) is 8.14. The van der Waals surface area contributed by atoms with Crippen molar-refractivity contribution >= 4 is 11.6 Å². The first-order valence-corrected chi connectivity index (χ1v) is 8.14. The molecular formula is C20H17F3O. The highest BCUT2D eigenvalue weighted by molar-refractivity contribution is 5.53. The lowest BCUT2D eigenvalue weighted by atomic mass is 9.86. The van der Waals surface area contributed by atoms with Gasteiger partial charge >= 0.3 is 6.36 Å². The van der Waals surface area contributed by atoms with Gasteiger partial charge in [-0.15, -0.1) is 13.2 Å². The summed E-state index contributed by atoms with van der Waals surface area (Å²) in [4.78, 5) is 0. The molecule has 0 fully saturated rings. The van der Waals surface area contributed by atoms with E-state index in [1.54, 1.807) is 6.07 Å². The maximum atomic E-state index is 12.6. The Labute approximate surface area is 137 Å². The molecule has 2 aliphatic rings. The summed E-state index contributed by atoms with van der Waals surface area (Å²) in [6.07, 6.45) is 1.14. The molecule has 4 heteroatoms. The summed E-state index contributed by atoms with van der Waals surface area (Å²) in [5, 5.41) is 3.72. The van der Waals surface area contributed by atoms with Gasteiger partial charge in [0.15, 0.2) is 0 Å². The molecule has 2 aromatic rings. The van der Waals surface area contributed by atoms with Crippen molar-refractivity contribution in [2.45, 2.75) is 39.0 Å². The fourth-order valence-corrected chi connectivity index (χ4v) is 3.94. The van der Waals surface area contributed by atoms with Crippen LogP contribution in [0.3, 0.4) is 0 Å². The van der Waals surface area contributed by atoms with Crippen LogP contribution in [-0.4, -0.2) is 6.36 Å². The average Bonchev–Trinajstić information content (AvgIpc) is 2.53. The molecule has 0 N–H and O–H groups in total. The Morgan fingerprint density at radius 3 is 2.50 bits per heavy atom. The van der Waals surface area contributed by atoms with Crippen LogP contribution in [0.5, 0.6) is 5.75 Å². The lowest BCUT2D eigenvalue weighted by Gasteiger charge is -2.19. The SMILES string of the molecule is CC1=c2ccc3c(c2CCC1)CC=c1c(OC(F)(F)F)cccc1=3. The molecule has 0 unspecified atom stereocenters. The summed E-state index contributed by atoms with van der Waals surface area (Å²) in [5.74, 6) is -0.119. The number of hydrogen-bond acceptors (Lipinski definition) is 1. The van der Waals surface area contributed by atoms with E-state index in [9.17, 15) is 13.2 Å². The molecule has 0 heterocycles. The zero-order chi connectivity index (χ0) is 16.9. The molecule has 0 radical (unpaired) electrons.